The van der Waals surface area contributed by atoms with Gasteiger partial charge in [0.2, 0.25) is 5.91 Å². The molecule has 2 amide bonds. The van der Waals surface area contributed by atoms with Gasteiger partial charge in [0.05, 0.1) is 5.92 Å². The Morgan fingerprint density at radius 2 is 1.93 bits per heavy atom. The van der Waals surface area contributed by atoms with Crippen LogP contribution in [0.1, 0.15) is 30.0 Å². The molecule has 0 bridgehead atoms. The molecule has 2 aromatic carbocycles. The Hall–Kier alpha value is -2.31. The van der Waals surface area contributed by atoms with Gasteiger partial charge in [0.15, 0.2) is 0 Å². The summed E-state index contributed by atoms with van der Waals surface area (Å²) in [5, 5.41) is 3.15. The van der Waals surface area contributed by atoms with E-state index in [1.165, 1.54) is 0 Å². The molecule has 0 saturated carbocycles. The first kappa shape index (κ1) is 19.6. The van der Waals surface area contributed by atoms with Gasteiger partial charge in [-0.25, -0.2) is 0 Å². The van der Waals surface area contributed by atoms with Gasteiger partial charge in [0, 0.05) is 41.2 Å². The fourth-order valence-electron chi connectivity index (χ4n) is 5.67. The summed E-state index contributed by atoms with van der Waals surface area (Å²) in [5.74, 6) is 1.35. The van der Waals surface area contributed by atoms with Gasteiger partial charge in [-0.1, -0.05) is 24.3 Å². The van der Waals surface area contributed by atoms with Crippen LogP contribution in [0.25, 0.3) is 0 Å². The molecule has 6 heteroatoms. The maximum atomic E-state index is 13.9. The highest BCUT2D eigenvalue weighted by Gasteiger charge is 2.67. The lowest BCUT2D eigenvalue weighted by Crippen LogP contribution is -2.55. The van der Waals surface area contributed by atoms with Crippen LogP contribution in [0.2, 0.25) is 0 Å². The molecule has 2 aromatic rings. The second kappa shape index (κ2) is 7.13. The lowest BCUT2D eigenvalue weighted by atomic mass is 9.78. The maximum absolute atomic E-state index is 13.9. The Labute approximate surface area is 181 Å². The van der Waals surface area contributed by atoms with E-state index in [2.05, 4.69) is 16.3 Å². The number of para-hydroxylation sites is 1. The number of anilines is 2. The van der Waals surface area contributed by atoms with E-state index in [0.29, 0.717) is 13.0 Å². The van der Waals surface area contributed by atoms with Gasteiger partial charge in [-0.05, 0) is 56.5 Å². The normalized spacial score (nSPS) is 27.6. The van der Waals surface area contributed by atoms with Crippen molar-refractivity contribution in [2.24, 2.45) is 5.92 Å². The lowest BCUT2D eigenvalue weighted by molar-refractivity contribution is -0.136. The van der Waals surface area contributed by atoms with Crippen molar-refractivity contribution in [3.8, 4) is 0 Å². The number of hydrogen-bond donors (Lipinski definition) is 1. The Balaban J connectivity index is 1.60. The summed E-state index contributed by atoms with van der Waals surface area (Å²) in [6.07, 6.45) is 0.710. The van der Waals surface area contributed by atoms with Crippen LogP contribution in [0.4, 0.5) is 11.4 Å². The summed E-state index contributed by atoms with van der Waals surface area (Å²) < 4.78 is 0. The van der Waals surface area contributed by atoms with Gasteiger partial charge < -0.3 is 10.2 Å². The van der Waals surface area contributed by atoms with E-state index in [-0.39, 0.29) is 17.9 Å². The van der Waals surface area contributed by atoms with E-state index in [0.717, 1.165) is 39.7 Å². The molecular weight excluding hydrogens is 394 g/mol. The molecule has 0 radical (unpaired) electrons. The van der Waals surface area contributed by atoms with Crippen LogP contribution in [0.5, 0.6) is 0 Å². The average molecular weight is 422 g/mol. The zero-order valence-electron chi connectivity index (χ0n) is 17.6. The highest BCUT2D eigenvalue weighted by atomic mass is 32.2. The van der Waals surface area contributed by atoms with Gasteiger partial charge in [-0.2, -0.15) is 0 Å². The number of carbonyl (C=O) groups is 2. The third-order valence-corrected chi connectivity index (χ3v) is 7.83. The van der Waals surface area contributed by atoms with Crippen LogP contribution in [-0.2, 0) is 15.1 Å². The Morgan fingerprint density at radius 3 is 2.67 bits per heavy atom. The average Bonchev–Trinajstić information content (AvgIpc) is 3.34. The van der Waals surface area contributed by atoms with Crippen molar-refractivity contribution >= 4 is 35.0 Å². The summed E-state index contributed by atoms with van der Waals surface area (Å²) in [7, 11) is 0. The number of thioether (sulfide) groups is 1. The fourth-order valence-corrected chi connectivity index (χ4v) is 6.98. The first-order valence-electron chi connectivity index (χ1n) is 10.6. The number of fused-ring (bicyclic) bond motifs is 4. The first-order valence-corrected chi connectivity index (χ1v) is 11.8. The number of rotatable bonds is 3. The van der Waals surface area contributed by atoms with Crippen LogP contribution in [-0.4, -0.2) is 40.9 Å². The number of likely N-dealkylation sites (N-methyl/N-ethyl adjacent to an activating group) is 1. The van der Waals surface area contributed by atoms with Gasteiger partial charge >= 0.3 is 0 Å². The second-order valence-electron chi connectivity index (χ2n) is 8.61. The zero-order chi connectivity index (χ0) is 21.0. The summed E-state index contributed by atoms with van der Waals surface area (Å²) in [5.41, 5.74) is 4.07. The number of nitrogens with zero attached hydrogens (tertiary/aromatic N) is 2. The van der Waals surface area contributed by atoms with Gasteiger partial charge in [-0.15, -0.1) is 11.8 Å². The molecule has 2 fully saturated rings. The SMILES string of the molecule is CCN1C(=O)[C@]2(c3ccccc31)[C@@H](C(=O)Nc1cc(C)cc(C)c1)C[C@@H]1CSCN12. The van der Waals surface area contributed by atoms with Crippen molar-refractivity contribution in [2.45, 2.75) is 38.8 Å². The van der Waals surface area contributed by atoms with Crippen molar-refractivity contribution in [1.82, 2.24) is 4.90 Å². The van der Waals surface area contributed by atoms with E-state index >= 15 is 0 Å². The molecule has 30 heavy (non-hydrogen) atoms. The number of hydrogen-bond acceptors (Lipinski definition) is 4. The predicted molar refractivity (Wildman–Crippen MR) is 122 cm³/mol. The topological polar surface area (TPSA) is 52.7 Å². The van der Waals surface area contributed by atoms with Crippen LogP contribution in [0.15, 0.2) is 42.5 Å². The summed E-state index contributed by atoms with van der Waals surface area (Å²) >= 11 is 1.86. The summed E-state index contributed by atoms with van der Waals surface area (Å²) in [6, 6.07) is 14.4. The standard InChI is InChI=1S/C24H27N3O2S/c1-4-26-21-8-6-5-7-19(21)24(23(26)29)20(12-18-13-30-14-27(18)24)22(28)25-17-10-15(2)9-16(3)11-17/h5-11,18,20H,4,12-14H2,1-3H3,(H,25,28)/t18-,20-,24+/m1/s1. The largest absolute Gasteiger partial charge is 0.326 e. The Bertz CT molecular complexity index is 1020. The maximum Gasteiger partial charge on any atom is 0.253 e. The third kappa shape index (κ3) is 2.66. The molecule has 0 unspecified atom stereocenters. The van der Waals surface area contributed by atoms with Crippen LogP contribution >= 0.6 is 11.8 Å². The molecule has 0 aliphatic carbocycles. The van der Waals surface area contributed by atoms with E-state index in [9.17, 15) is 9.59 Å². The van der Waals surface area contributed by atoms with E-state index in [1.54, 1.807) is 0 Å². The summed E-state index contributed by atoms with van der Waals surface area (Å²) in [6.45, 7) is 6.67. The van der Waals surface area contributed by atoms with Gasteiger partial charge in [-0.3, -0.25) is 14.5 Å². The number of nitrogens with one attached hydrogen (secondary N) is 1. The molecule has 3 heterocycles. The summed E-state index contributed by atoms with van der Waals surface area (Å²) in [4.78, 5) is 31.8. The highest BCUT2D eigenvalue weighted by molar-refractivity contribution is 7.99. The molecule has 3 aliphatic heterocycles. The van der Waals surface area contributed by atoms with Crippen molar-refractivity contribution in [3.63, 3.8) is 0 Å². The Kier molecular flexibility index (Phi) is 4.67. The monoisotopic (exact) mass is 421 g/mol. The van der Waals surface area contributed by atoms with Crippen molar-refractivity contribution in [3.05, 3.63) is 59.2 Å². The minimum atomic E-state index is -0.899. The molecule has 156 valence electrons. The fraction of sp³-hybridized carbons (Fsp3) is 0.417. The molecule has 1 N–H and O–H groups in total. The number of carbonyl (C=O) groups excluding carboxylic acids is 2. The number of benzene rings is 2. The highest BCUT2D eigenvalue weighted by Crippen LogP contribution is 2.57. The van der Waals surface area contributed by atoms with Gasteiger partial charge in [0.25, 0.3) is 5.91 Å². The smallest absolute Gasteiger partial charge is 0.253 e. The number of amides is 2. The first-order chi connectivity index (χ1) is 14.5. The zero-order valence-corrected chi connectivity index (χ0v) is 18.5. The molecule has 1 spiro atoms. The van der Waals surface area contributed by atoms with Crippen LogP contribution < -0.4 is 10.2 Å². The van der Waals surface area contributed by atoms with Gasteiger partial charge in [0.1, 0.15) is 5.54 Å². The van der Waals surface area contributed by atoms with E-state index in [1.807, 2.05) is 73.8 Å². The molecular formula is C24H27N3O2S. The molecule has 5 nitrogen and oxygen atoms in total. The van der Waals surface area contributed by atoms with E-state index in [4.69, 9.17) is 0 Å². The van der Waals surface area contributed by atoms with Crippen LogP contribution in [0.3, 0.4) is 0 Å². The molecule has 3 atom stereocenters. The van der Waals surface area contributed by atoms with Crippen molar-refractivity contribution in [2.75, 3.05) is 28.4 Å². The predicted octanol–water partition coefficient (Wildman–Crippen LogP) is 3.90. The molecule has 0 aromatic heterocycles. The quantitative estimate of drug-likeness (QED) is 0.817. The lowest BCUT2D eigenvalue weighted by Gasteiger charge is -2.36. The van der Waals surface area contributed by atoms with Crippen LogP contribution in [0, 0.1) is 19.8 Å². The molecule has 3 aliphatic rings. The second-order valence-corrected chi connectivity index (χ2v) is 9.61. The van der Waals surface area contributed by atoms with E-state index < -0.39 is 11.5 Å². The molecule has 2 saturated heterocycles. The minimum absolute atomic E-state index is 0.0526. The number of aryl methyl sites for hydroxylation is 2. The minimum Gasteiger partial charge on any atom is -0.326 e. The van der Waals surface area contributed by atoms with Crippen molar-refractivity contribution < 1.29 is 9.59 Å². The molecule has 5 rings (SSSR count). The van der Waals surface area contributed by atoms with Crippen molar-refractivity contribution in [1.29, 1.82) is 0 Å². The third-order valence-electron chi connectivity index (χ3n) is 6.75. The Morgan fingerprint density at radius 1 is 1.20 bits per heavy atom.